The summed E-state index contributed by atoms with van der Waals surface area (Å²) >= 11 is 0. The van der Waals surface area contributed by atoms with Crippen molar-refractivity contribution in [2.45, 2.75) is 65.3 Å². The van der Waals surface area contributed by atoms with Crippen molar-refractivity contribution in [1.29, 1.82) is 0 Å². The van der Waals surface area contributed by atoms with Gasteiger partial charge in [-0.15, -0.1) is 0 Å². The molecule has 1 aliphatic carbocycles. The van der Waals surface area contributed by atoms with E-state index in [1.807, 2.05) is 0 Å². The van der Waals surface area contributed by atoms with Crippen LogP contribution >= 0.6 is 0 Å². The second kappa shape index (κ2) is 7.38. The maximum Gasteiger partial charge on any atom is 0.0474 e. The van der Waals surface area contributed by atoms with Gasteiger partial charge in [-0.05, 0) is 50.0 Å². The largest absolute Gasteiger partial charge is 0.385 e. The van der Waals surface area contributed by atoms with E-state index in [-0.39, 0.29) is 0 Å². The van der Waals surface area contributed by atoms with Gasteiger partial charge in [-0.3, -0.25) is 0 Å². The van der Waals surface area contributed by atoms with Crippen LogP contribution in [0.2, 0.25) is 0 Å². The van der Waals surface area contributed by atoms with Crippen LogP contribution in [-0.2, 0) is 4.74 Å². The Kier molecular flexibility index (Phi) is 6.50. The van der Waals surface area contributed by atoms with E-state index in [2.05, 4.69) is 26.1 Å². The van der Waals surface area contributed by atoms with Crippen LogP contribution in [0.5, 0.6) is 0 Å². The van der Waals surface area contributed by atoms with Crippen molar-refractivity contribution in [3.8, 4) is 0 Å². The molecule has 2 unspecified atom stereocenters. The van der Waals surface area contributed by atoms with Crippen LogP contribution in [0.1, 0.15) is 59.3 Å². The Morgan fingerprint density at radius 2 is 1.88 bits per heavy atom. The van der Waals surface area contributed by atoms with Gasteiger partial charge in [0.2, 0.25) is 0 Å². The minimum Gasteiger partial charge on any atom is -0.385 e. The minimum atomic E-state index is 0.491. The molecular weight excluding hydrogens is 210 g/mol. The van der Waals surface area contributed by atoms with E-state index >= 15 is 0 Å². The molecule has 0 amide bonds. The van der Waals surface area contributed by atoms with Crippen molar-refractivity contribution in [3.05, 3.63) is 0 Å². The van der Waals surface area contributed by atoms with Gasteiger partial charge in [0.25, 0.3) is 0 Å². The number of nitrogens with one attached hydrogen (secondary N) is 1. The normalized spacial score (nSPS) is 26.8. The standard InChI is InChI=1S/C15H31NO/c1-15(2,3)13-7-5-8-14(10-9-13)16-11-6-12-17-4/h13-14,16H,5-12H2,1-4H3. The van der Waals surface area contributed by atoms with Crippen LogP contribution in [0.4, 0.5) is 0 Å². The summed E-state index contributed by atoms with van der Waals surface area (Å²) in [4.78, 5) is 0. The highest BCUT2D eigenvalue weighted by Gasteiger charge is 2.27. The van der Waals surface area contributed by atoms with Crippen molar-refractivity contribution >= 4 is 0 Å². The minimum absolute atomic E-state index is 0.491. The Morgan fingerprint density at radius 1 is 1.12 bits per heavy atom. The number of hydrogen-bond donors (Lipinski definition) is 1. The quantitative estimate of drug-likeness (QED) is 0.586. The first-order chi connectivity index (χ1) is 8.04. The van der Waals surface area contributed by atoms with Crippen molar-refractivity contribution in [3.63, 3.8) is 0 Å². The second-order valence-electron chi connectivity index (χ2n) is 6.57. The lowest BCUT2D eigenvalue weighted by Crippen LogP contribution is -2.30. The third-order valence-electron chi connectivity index (χ3n) is 4.15. The second-order valence-corrected chi connectivity index (χ2v) is 6.57. The molecule has 0 radical (unpaired) electrons. The summed E-state index contributed by atoms with van der Waals surface area (Å²) in [5.74, 6) is 0.910. The zero-order chi connectivity index (χ0) is 12.7. The summed E-state index contributed by atoms with van der Waals surface area (Å²) in [5, 5.41) is 3.69. The lowest BCUT2D eigenvalue weighted by Gasteiger charge is -2.29. The predicted octanol–water partition coefficient (Wildman–Crippen LogP) is 3.61. The summed E-state index contributed by atoms with van der Waals surface area (Å²) in [5.41, 5.74) is 0.491. The predicted molar refractivity (Wildman–Crippen MR) is 74.3 cm³/mol. The molecule has 0 spiro atoms. The molecule has 1 saturated carbocycles. The van der Waals surface area contributed by atoms with E-state index in [0.717, 1.165) is 31.5 Å². The molecule has 1 fully saturated rings. The maximum atomic E-state index is 5.08. The summed E-state index contributed by atoms with van der Waals surface area (Å²) in [6.45, 7) is 9.17. The third kappa shape index (κ3) is 5.87. The first kappa shape index (κ1) is 15.0. The molecular formula is C15H31NO. The smallest absolute Gasteiger partial charge is 0.0474 e. The van der Waals surface area contributed by atoms with Gasteiger partial charge in [-0.25, -0.2) is 0 Å². The zero-order valence-electron chi connectivity index (χ0n) is 12.2. The van der Waals surface area contributed by atoms with E-state index in [9.17, 15) is 0 Å². The molecule has 0 aromatic carbocycles. The SMILES string of the molecule is COCCCNC1CCCC(C(C)(C)C)CC1. The molecule has 1 rings (SSSR count). The van der Waals surface area contributed by atoms with E-state index in [1.165, 1.54) is 32.1 Å². The molecule has 1 N–H and O–H groups in total. The maximum absolute atomic E-state index is 5.08. The monoisotopic (exact) mass is 241 g/mol. The first-order valence-electron chi connectivity index (χ1n) is 7.26. The van der Waals surface area contributed by atoms with Crippen LogP contribution in [0.15, 0.2) is 0 Å². The van der Waals surface area contributed by atoms with E-state index in [4.69, 9.17) is 4.74 Å². The third-order valence-corrected chi connectivity index (χ3v) is 4.15. The summed E-state index contributed by atoms with van der Waals surface area (Å²) in [6.07, 6.45) is 8.05. The van der Waals surface area contributed by atoms with Gasteiger partial charge in [-0.1, -0.05) is 27.2 Å². The fourth-order valence-corrected chi connectivity index (χ4v) is 2.89. The van der Waals surface area contributed by atoms with Crippen LogP contribution in [0, 0.1) is 11.3 Å². The highest BCUT2D eigenvalue weighted by molar-refractivity contribution is 4.81. The Morgan fingerprint density at radius 3 is 2.53 bits per heavy atom. The highest BCUT2D eigenvalue weighted by Crippen LogP contribution is 2.36. The van der Waals surface area contributed by atoms with Crippen LogP contribution in [0.25, 0.3) is 0 Å². The number of methoxy groups -OCH3 is 1. The molecule has 1 aliphatic rings. The van der Waals surface area contributed by atoms with Crippen molar-refractivity contribution < 1.29 is 4.74 Å². The zero-order valence-corrected chi connectivity index (χ0v) is 12.2. The van der Waals surface area contributed by atoms with Gasteiger partial charge in [0.05, 0.1) is 0 Å². The molecule has 2 nitrogen and oxygen atoms in total. The van der Waals surface area contributed by atoms with Gasteiger partial charge < -0.3 is 10.1 Å². The lowest BCUT2D eigenvalue weighted by atomic mass is 9.76. The molecule has 0 heterocycles. The van der Waals surface area contributed by atoms with Crippen molar-refractivity contribution in [1.82, 2.24) is 5.32 Å². The molecule has 0 aromatic heterocycles. The molecule has 0 aromatic rings. The molecule has 102 valence electrons. The van der Waals surface area contributed by atoms with Crippen molar-refractivity contribution in [2.75, 3.05) is 20.3 Å². The first-order valence-corrected chi connectivity index (χ1v) is 7.26. The van der Waals surface area contributed by atoms with E-state index in [0.29, 0.717) is 5.41 Å². The van der Waals surface area contributed by atoms with Crippen molar-refractivity contribution in [2.24, 2.45) is 11.3 Å². The van der Waals surface area contributed by atoms with Crippen LogP contribution < -0.4 is 5.32 Å². The van der Waals surface area contributed by atoms with Gasteiger partial charge in [-0.2, -0.15) is 0 Å². The van der Waals surface area contributed by atoms with Gasteiger partial charge in [0.1, 0.15) is 0 Å². The molecule has 17 heavy (non-hydrogen) atoms. The average molecular weight is 241 g/mol. The number of ether oxygens (including phenoxy) is 1. The Balaban J connectivity index is 2.23. The fraction of sp³-hybridized carbons (Fsp3) is 1.00. The van der Waals surface area contributed by atoms with E-state index in [1.54, 1.807) is 7.11 Å². The Labute approximate surface area is 108 Å². The van der Waals surface area contributed by atoms with E-state index < -0.39 is 0 Å². The average Bonchev–Trinajstić information content (AvgIpc) is 2.49. The highest BCUT2D eigenvalue weighted by atomic mass is 16.5. The van der Waals surface area contributed by atoms with Gasteiger partial charge >= 0.3 is 0 Å². The number of rotatable bonds is 5. The van der Waals surface area contributed by atoms with Gasteiger partial charge in [0.15, 0.2) is 0 Å². The Hall–Kier alpha value is -0.0800. The summed E-state index contributed by atoms with van der Waals surface area (Å²) in [6, 6.07) is 0.749. The molecule has 0 bridgehead atoms. The fourth-order valence-electron chi connectivity index (χ4n) is 2.89. The molecule has 2 atom stereocenters. The Bertz CT molecular complexity index is 198. The lowest BCUT2D eigenvalue weighted by molar-refractivity contribution is 0.192. The molecule has 0 aliphatic heterocycles. The summed E-state index contributed by atoms with van der Waals surface area (Å²) < 4.78 is 5.08. The van der Waals surface area contributed by atoms with Gasteiger partial charge in [0, 0.05) is 19.8 Å². The molecule has 0 saturated heterocycles. The summed E-state index contributed by atoms with van der Waals surface area (Å²) in [7, 11) is 1.78. The molecule has 2 heteroatoms. The van der Waals surface area contributed by atoms with Crippen LogP contribution in [0.3, 0.4) is 0 Å². The van der Waals surface area contributed by atoms with Crippen LogP contribution in [-0.4, -0.2) is 26.3 Å². The number of hydrogen-bond acceptors (Lipinski definition) is 2. The topological polar surface area (TPSA) is 21.3 Å².